The number of benzene rings is 1. The van der Waals surface area contributed by atoms with E-state index in [4.69, 9.17) is 11.7 Å². The molecule has 1 atom stereocenters. The molecule has 0 amide bonds. The van der Waals surface area contributed by atoms with E-state index in [1.54, 1.807) is 6.07 Å². The van der Waals surface area contributed by atoms with Crippen LogP contribution in [0.1, 0.15) is 29.7 Å². The van der Waals surface area contributed by atoms with E-state index in [0.29, 0.717) is 18.2 Å². The molecule has 0 saturated heterocycles. The Labute approximate surface area is 148 Å². The van der Waals surface area contributed by atoms with Gasteiger partial charge in [0.05, 0.1) is 12.1 Å². The van der Waals surface area contributed by atoms with Crippen LogP contribution >= 0.6 is 0 Å². The number of aryl methyl sites for hydroxylation is 1. The van der Waals surface area contributed by atoms with E-state index in [2.05, 4.69) is 10.1 Å². The molecule has 140 valence electrons. The zero-order valence-corrected chi connectivity index (χ0v) is 14.0. The molecular formula is C17H19F4N5. The minimum absolute atomic E-state index is 0.237. The highest BCUT2D eigenvalue weighted by Crippen LogP contribution is 2.42. The highest BCUT2D eigenvalue weighted by molar-refractivity contribution is 5.53. The number of aromatic nitrogens is 1. The van der Waals surface area contributed by atoms with Gasteiger partial charge in [0.15, 0.2) is 0 Å². The third-order valence-corrected chi connectivity index (χ3v) is 3.96. The lowest BCUT2D eigenvalue weighted by atomic mass is 9.88. The fraction of sp³-hybridized carbons (Fsp3) is 0.294. The van der Waals surface area contributed by atoms with Crippen molar-refractivity contribution in [2.24, 2.45) is 16.8 Å². The zero-order chi connectivity index (χ0) is 19.3. The van der Waals surface area contributed by atoms with Crippen LogP contribution in [-0.2, 0) is 12.3 Å². The first-order chi connectivity index (χ1) is 12.3. The van der Waals surface area contributed by atoms with Crippen LogP contribution in [0.5, 0.6) is 0 Å². The lowest BCUT2D eigenvalue weighted by molar-refractivity contribution is -0.0443. The number of rotatable bonds is 7. The lowest BCUT2D eigenvalue weighted by Crippen LogP contribution is -2.40. The first-order valence-corrected chi connectivity index (χ1v) is 7.82. The molecule has 0 fully saturated rings. The molecule has 9 heteroatoms. The maximum atomic E-state index is 15.1. The second kappa shape index (κ2) is 8.13. The summed E-state index contributed by atoms with van der Waals surface area (Å²) in [5.41, 5.74) is -0.262. The molecule has 1 aromatic carbocycles. The van der Waals surface area contributed by atoms with Crippen LogP contribution in [0.4, 0.5) is 17.6 Å². The minimum Gasteiger partial charge on any atom is -0.322 e. The SMILES string of the molecule is CCc1ccc(C(CN(N)/C=N\N)C(F)(F)c2ccc(F)cn2)c(F)c1. The van der Waals surface area contributed by atoms with Gasteiger partial charge in [-0.2, -0.15) is 13.9 Å². The van der Waals surface area contributed by atoms with E-state index >= 15 is 8.78 Å². The Bertz CT molecular complexity index is 764. The normalized spacial score (nSPS) is 13.2. The quantitative estimate of drug-likeness (QED) is 0.259. The highest BCUT2D eigenvalue weighted by atomic mass is 19.3. The Morgan fingerprint density at radius 3 is 2.54 bits per heavy atom. The maximum absolute atomic E-state index is 15.1. The highest BCUT2D eigenvalue weighted by Gasteiger charge is 2.45. The molecule has 1 heterocycles. The molecule has 0 bridgehead atoms. The number of nitrogens with zero attached hydrogens (tertiary/aromatic N) is 3. The van der Waals surface area contributed by atoms with Crippen LogP contribution in [0.2, 0.25) is 0 Å². The molecule has 0 spiro atoms. The van der Waals surface area contributed by atoms with E-state index in [1.165, 1.54) is 12.1 Å². The van der Waals surface area contributed by atoms with Gasteiger partial charge < -0.3 is 5.84 Å². The van der Waals surface area contributed by atoms with Gasteiger partial charge >= 0.3 is 0 Å². The fourth-order valence-electron chi connectivity index (χ4n) is 2.58. The van der Waals surface area contributed by atoms with Crippen molar-refractivity contribution in [1.29, 1.82) is 0 Å². The van der Waals surface area contributed by atoms with Crippen molar-refractivity contribution in [3.05, 3.63) is 65.0 Å². The van der Waals surface area contributed by atoms with Crippen molar-refractivity contribution in [2.45, 2.75) is 25.2 Å². The van der Waals surface area contributed by atoms with Gasteiger partial charge in [0.1, 0.15) is 23.7 Å². The number of hydrazine groups is 1. The molecule has 4 N–H and O–H groups in total. The molecule has 0 aliphatic carbocycles. The standard InChI is InChI=1S/C17H19F4N5/c1-2-11-3-5-13(15(19)7-11)14(9-26(23)10-25-22)17(20,21)16-6-4-12(18)8-24-16/h3-8,10,14H,2,9,22-23H2,1H3/b25-10-. The molecule has 26 heavy (non-hydrogen) atoms. The smallest absolute Gasteiger partial charge is 0.298 e. The Hall–Kier alpha value is -2.68. The van der Waals surface area contributed by atoms with Gasteiger partial charge in [-0.25, -0.2) is 14.6 Å². The number of alkyl halides is 2. The van der Waals surface area contributed by atoms with Crippen LogP contribution < -0.4 is 11.7 Å². The maximum Gasteiger partial charge on any atom is 0.298 e. The third-order valence-electron chi connectivity index (χ3n) is 3.96. The summed E-state index contributed by atoms with van der Waals surface area (Å²) in [7, 11) is 0. The van der Waals surface area contributed by atoms with E-state index in [0.717, 1.165) is 23.5 Å². The van der Waals surface area contributed by atoms with E-state index in [9.17, 15) is 8.78 Å². The molecule has 1 unspecified atom stereocenters. The Morgan fingerprint density at radius 2 is 2.00 bits per heavy atom. The van der Waals surface area contributed by atoms with Gasteiger partial charge in [0, 0.05) is 6.54 Å². The molecular weight excluding hydrogens is 350 g/mol. The van der Waals surface area contributed by atoms with Crippen LogP contribution in [-0.4, -0.2) is 22.9 Å². The first kappa shape index (κ1) is 19.6. The summed E-state index contributed by atoms with van der Waals surface area (Å²) in [6.07, 6.45) is 2.18. The average molecular weight is 369 g/mol. The second-order valence-corrected chi connectivity index (χ2v) is 5.71. The summed E-state index contributed by atoms with van der Waals surface area (Å²) in [5.74, 6) is 3.72. The molecule has 2 rings (SSSR count). The molecule has 0 saturated carbocycles. The largest absolute Gasteiger partial charge is 0.322 e. The van der Waals surface area contributed by atoms with Crippen molar-refractivity contribution in [2.75, 3.05) is 6.54 Å². The second-order valence-electron chi connectivity index (χ2n) is 5.71. The van der Waals surface area contributed by atoms with Crippen molar-refractivity contribution >= 4 is 6.34 Å². The van der Waals surface area contributed by atoms with Crippen molar-refractivity contribution < 1.29 is 17.6 Å². The van der Waals surface area contributed by atoms with Gasteiger partial charge in [-0.15, -0.1) is 0 Å². The van der Waals surface area contributed by atoms with Gasteiger partial charge in [0.25, 0.3) is 5.92 Å². The van der Waals surface area contributed by atoms with Gasteiger partial charge in [-0.3, -0.25) is 9.99 Å². The summed E-state index contributed by atoms with van der Waals surface area (Å²) >= 11 is 0. The third kappa shape index (κ3) is 4.29. The number of hydrogen-bond donors (Lipinski definition) is 2. The molecule has 0 aliphatic heterocycles. The molecule has 0 aliphatic rings. The topological polar surface area (TPSA) is 80.5 Å². The fourth-order valence-corrected chi connectivity index (χ4v) is 2.58. The van der Waals surface area contributed by atoms with Crippen LogP contribution in [0.25, 0.3) is 0 Å². The van der Waals surface area contributed by atoms with Gasteiger partial charge in [0.2, 0.25) is 0 Å². The molecule has 1 aromatic heterocycles. The molecule has 5 nitrogen and oxygen atoms in total. The van der Waals surface area contributed by atoms with Gasteiger partial charge in [-0.05, 0) is 35.7 Å². The Morgan fingerprint density at radius 1 is 1.27 bits per heavy atom. The van der Waals surface area contributed by atoms with E-state index in [-0.39, 0.29) is 5.56 Å². The zero-order valence-electron chi connectivity index (χ0n) is 14.0. The van der Waals surface area contributed by atoms with Crippen molar-refractivity contribution in [1.82, 2.24) is 9.99 Å². The number of hydrazone groups is 1. The average Bonchev–Trinajstić information content (AvgIpc) is 2.60. The summed E-state index contributed by atoms with van der Waals surface area (Å²) in [6.45, 7) is 1.33. The van der Waals surface area contributed by atoms with E-state index < -0.39 is 35.7 Å². The van der Waals surface area contributed by atoms with Crippen molar-refractivity contribution in [3.63, 3.8) is 0 Å². The van der Waals surface area contributed by atoms with Crippen LogP contribution in [0.15, 0.2) is 41.6 Å². The van der Waals surface area contributed by atoms with Crippen LogP contribution in [0.3, 0.4) is 0 Å². The predicted molar refractivity (Wildman–Crippen MR) is 90.2 cm³/mol. The lowest BCUT2D eigenvalue weighted by Gasteiger charge is -2.29. The number of hydrogen-bond acceptors (Lipinski definition) is 4. The first-order valence-electron chi connectivity index (χ1n) is 7.82. The summed E-state index contributed by atoms with van der Waals surface area (Å²) in [6, 6.07) is 5.79. The number of pyridine rings is 1. The van der Waals surface area contributed by atoms with E-state index in [1.807, 2.05) is 6.92 Å². The molecule has 2 aromatic rings. The van der Waals surface area contributed by atoms with Crippen LogP contribution in [0, 0.1) is 11.6 Å². The minimum atomic E-state index is -3.62. The van der Waals surface area contributed by atoms with Crippen molar-refractivity contribution in [3.8, 4) is 0 Å². The summed E-state index contributed by atoms with van der Waals surface area (Å²) in [4.78, 5) is 3.45. The molecule has 0 radical (unpaired) electrons. The predicted octanol–water partition coefficient (Wildman–Crippen LogP) is 2.88. The summed E-state index contributed by atoms with van der Waals surface area (Å²) in [5, 5.41) is 4.00. The number of halogens is 4. The monoisotopic (exact) mass is 369 g/mol. The van der Waals surface area contributed by atoms with Gasteiger partial charge in [-0.1, -0.05) is 19.1 Å². The summed E-state index contributed by atoms with van der Waals surface area (Å²) < 4.78 is 57.7. The number of nitrogens with two attached hydrogens (primary N) is 2. The Balaban J connectivity index is 2.51. The Kier molecular flexibility index (Phi) is 6.14.